The smallest absolute Gasteiger partial charge is 0.273 e. The summed E-state index contributed by atoms with van der Waals surface area (Å²) in [4.78, 5) is 40.8. The Morgan fingerprint density at radius 1 is 1.17 bits per heavy atom. The van der Waals surface area contributed by atoms with Crippen LogP contribution in [0.4, 0.5) is 11.4 Å². The molecule has 190 valence electrons. The van der Waals surface area contributed by atoms with Crippen molar-refractivity contribution in [3.63, 3.8) is 0 Å². The summed E-state index contributed by atoms with van der Waals surface area (Å²) in [5.74, 6) is -1.98. The van der Waals surface area contributed by atoms with Crippen LogP contribution in [0.3, 0.4) is 0 Å². The Hall–Kier alpha value is -4.12. The monoisotopic (exact) mass is 511 g/mol. The number of ether oxygens (including phenoxy) is 1. The van der Waals surface area contributed by atoms with Gasteiger partial charge in [-0.1, -0.05) is 24.3 Å². The average molecular weight is 512 g/mol. The van der Waals surface area contributed by atoms with Gasteiger partial charge in [-0.15, -0.1) is 0 Å². The molecule has 0 aliphatic heterocycles. The molecule has 0 aliphatic rings. The molecule has 3 aromatic rings. The minimum Gasteiger partial charge on any atom is -0.504 e. The van der Waals surface area contributed by atoms with Gasteiger partial charge in [0.1, 0.15) is 10.9 Å². The zero-order valence-corrected chi connectivity index (χ0v) is 21.5. The second kappa shape index (κ2) is 10.2. The summed E-state index contributed by atoms with van der Waals surface area (Å²) in [6.07, 6.45) is 0. The number of hydrogen-bond donors (Lipinski definition) is 4. The van der Waals surface area contributed by atoms with Crippen LogP contribution in [0.25, 0.3) is 0 Å². The third-order valence-electron chi connectivity index (χ3n) is 5.27. The number of phenols is 1. The number of nitrogen functional groups attached to an aromatic ring is 1. The maximum Gasteiger partial charge on any atom is 0.273 e. The lowest BCUT2D eigenvalue weighted by Gasteiger charge is -2.34. The minimum atomic E-state index is -1.20. The fraction of sp³-hybridized carbons (Fsp3) is 0.280. The van der Waals surface area contributed by atoms with Crippen molar-refractivity contribution < 1.29 is 24.2 Å². The zero-order chi connectivity index (χ0) is 26.8. The van der Waals surface area contributed by atoms with Crippen LogP contribution in [0.2, 0.25) is 0 Å². The van der Waals surface area contributed by atoms with Crippen LogP contribution < -0.4 is 26.4 Å². The van der Waals surface area contributed by atoms with Crippen LogP contribution in [0.1, 0.15) is 58.1 Å². The lowest BCUT2D eigenvalue weighted by molar-refractivity contribution is -0.123. The molecule has 0 saturated heterocycles. The van der Waals surface area contributed by atoms with Gasteiger partial charge in [0.15, 0.2) is 17.2 Å². The van der Waals surface area contributed by atoms with Crippen LogP contribution in [0, 0.1) is 6.92 Å². The van der Waals surface area contributed by atoms with Gasteiger partial charge in [0, 0.05) is 11.2 Å². The summed E-state index contributed by atoms with van der Waals surface area (Å²) in [7, 11) is 1.39. The lowest BCUT2D eigenvalue weighted by atomic mass is 9.99. The molecule has 0 aliphatic carbocycles. The highest BCUT2D eigenvalue weighted by atomic mass is 32.1. The van der Waals surface area contributed by atoms with Crippen LogP contribution in [-0.4, -0.2) is 39.9 Å². The Bertz CT molecular complexity index is 1310. The molecule has 10 nitrogen and oxygen atoms in total. The van der Waals surface area contributed by atoms with E-state index in [4.69, 9.17) is 16.2 Å². The number of nitrogens with one attached hydrogen (secondary N) is 1. The molecule has 0 saturated carbocycles. The molecule has 2 aromatic carbocycles. The van der Waals surface area contributed by atoms with E-state index >= 15 is 0 Å². The van der Waals surface area contributed by atoms with E-state index < -0.39 is 29.3 Å². The molecule has 1 atom stereocenters. The van der Waals surface area contributed by atoms with Crippen molar-refractivity contribution in [2.45, 2.75) is 39.3 Å². The first kappa shape index (κ1) is 26.5. The molecule has 0 fully saturated rings. The van der Waals surface area contributed by atoms with E-state index in [0.29, 0.717) is 16.8 Å². The summed E-state index contributed by atoms with van der Waals surface area (Å²) in [6.45, 7) is 7.26. The van der Waals surface area contributed by atoms with Gasteiger partial charge in [-0.2, -0.15) is 4.37 Å². The number of benzene rings is 2. The van der Waals surface area contributed by atoms with Crippen molar-refractivity contribution >= 4 is 40.6 Å². The summed E-state index contributed by atoms with van der Waals surface area (Å²) in [5.41, 5.74) is 12.0. The van der Waals surface area contributed by atoms with Crippen molar-refractivity contribution in [3.05, 3.63) is 64.2 Å². The first-order chi connectivity index (χ1) is 16.9. The Labute approximate surface area is 213 Å². The Morgan fingerprint density at radius 3 is 2.39 bits per heavy atom. The number of hydrogen-bond acceptors (Lipinski definition) is 8. The quantitative estimate of drug-likeness (QED) is 0.379. The number of amides is 3. The second-order valence-electron chi connectivity index (χ2n) is 9.17. The van der Waals surface area contributed by atoms with E-state index in [1.165, 1.54) is 30.2 Å². The molecule has 1 heterocycles. The number of rotatable bonds is 7. The summed E-state index contributed by atoms with van der Waals surface area (Å²) < 4.78 is 9.21. The molecular weight excluding hydrogens is 482 g/mol. The van der Waals surface area contributed by atoms with Crippen molar-refractivity contribution in [1.29, 1.82) is 0 Å². The van der Waals surface area contributed by atoms with Gasteiger partial charge in [-0.25, -0.2) is 0 Å². The van der Waals surface area contributed by atoms with Gasteiger partial charge in [-0.3, -0.25) is 19.3 Å². The number of carbonyl (C=O) groups is 3. The van der Waals surface area contributed by atoms with Crippen molar-refractivity contribution in [3.8, 4) is 11.5 Å². The van der Waals surface area contributed by atoms with E-state index in [2.05, 4.69) is 9.69 Å². The average Bonchev–Trinajstić information content (AvgIpc) is 3.18. The Kier molecular flexibility index (Phi) is 7.54. The molecule has 0 spiro atoms. The predicted molar refractivity (Wildman–Crippen MR) is 138 cm³/mol. The number of anilines is 2. The number of carbonyl (C=O) groups excluding carboxylic acids is 3. The van der Waals surface area contributed by atoms with Crippen molar-refractivity contribution in [1.82, 2.24) is 9.69 Å². The number of primary amides is 1. The normalized spacial score (nSPS) is 12.0. The standard InChI is InChI=1S/C25H29N5O5S/c1-13-8-6-7-9-15(13)30(24(34)21-18(26)19(22(27)32)29-36-21)20(23(33)28-25(2,3)4)14-10-11-16(31)17(12-14)35-5/h6-12,20,31H,26H2,1-5H3,(H2,27,32)(H,28,33). The highest BCUT2D eigenvalue weighted by molar-refractivity contribution is 7.09. The number of nitrogens with zero attached hydrogens (tertiary/aromatic N) is 2. The zero-order valence-electron chi connectivity index (χ0n) is 20.7. The third kappa shape index (κ3) is 5.41. The maximum atomic E-state index is 14.1. The highest BCUT2D eigenvalue weighted by Crippen LogP contribution is 2.37. The van der Waals surface area contributed by atoms with Crippen molar-refractivity contribution in [2.75, 3.05) is 17.7 Å². The largest absolute Gasteiger partial charge is 0.504 e. The van der Waals surface area contributed by atoms with Crippen molar-refractivity contribution in [2.24, 2.45) is 5.73 Å². The predicted octanol–water partition coefficient (Wildman–Crippen LogP) is 3.15. The maximum absolute atomic E-state index is 14.1. The molecule has 1 unspecified atom stereocenters. The fourth-order valence-electron chi connectivity index (χ4n) is 3.66. The van der Waals surface area contributed by atoms with E-state index in [1.54, 1.807) is 25.1 Å². The van der Waals surface area contributed by atoms with Gasteiger partial charge in [0.25, 0.3) is 11.8 Å². The Balaban J connectivity index is 2.30. The second-order valence-corrected chi connectivity index (χ2v) is 9.95. The highest BCUT2D eigenvalue weighted by Gasteiger charge is 2.38. The number of phenolic OH excluding ortho intramolecular Hbond substituents is 1. The lowest BCUT2D eigenvalue weighted by Crippen LogP contribution is -2.49. The number of para-hydroxylation sites is 1. The SMILES string of the molecule is COc1cc(C(C(=O)NC(C)(C)C)N(C(=O)c2snc(C(N)=O)c2N)c2ccccc2C)ccc1O. The van der Waals surface area contributed by atoms with Crippen LogP contribution in [0.15, 0.2) is 42.5 Å². The number of nitrogens with two attached hydrogens (primary N) is 2. The summed E-state index contributed by atoms with van der Waals surface area (Å²) in [5, 5.41) is 13.1. The van der Waals surface area contributed by atoms with Crippen LogP contribution >= 0.6 is 11.5 Å². The first-order valence-electron chi connectivity index (χ1n) is 11.0. The van der Waals surface area contributed by atoms with E-state index in [-0.39, 0.29) is 27.8 Å². The van der Waals surface area contributed by atoms with Gasteiger partial charge in [0.05, 0.1) is 12.8 Å². The van der Waals surface area contributed by atoms with Gasteiger partial charge >= 0.3 is 0 Å². The molecule has 36 heavy (non-hydrogen) atoms. The summed E-state index contributed by atoms with van der Waals surface area (Å²) >= 11 is 0.726. The minimum absolute atomic E-state index is 0.0358. The van der Waals surface area contributed by atoms with E-state index in [1.807, 2.05) is 26.8 Å². The van der Waals surface area contributed by atoms with Gasteiger partial charge in [0.2, 0.25) is 5.91 Å². The number of methoxy groups -OCH3 is 1. The molecule has 3 rings (SSSR count). The van der Waals surface area contributed by atoms with E-state index in [9.17, 15) is 19.5 Å². The summed E-state index contributed by atoms with van der Waals surface area (Å²) in [6, 6.07) is 10.3. The molecule has 1 aromatic heterocycles. The Morgan fingerprint density at radius 2 is 1.83 bits per heavy atom. The molecular formula is C25H29N5O5S. The molecule has 11 heteroatoms. The topological polar surface area (TPSA) is 161 Å². The van der Waals surface area contributed by atoms with Gasteiger partial charge < -0.3 is 26.6 Å². The number of aryl methyl sites for hydroxylation is 1. The molecule has 0 radical (unpaired) electrons. The molecule has 0 bridgehead atoms. The molecule has 3 amide bonds. The first-order valence-corrected chi connectivity index (χ1v) is 11.8. The van der Waals surface area contributed by atoms with Crippen LogP contribution in [0.5, 0.6) is 11.5 Å². The number of aromatic nitrogens is 1. The fourth-order valence-corrected chi connectivity index (χ4v) is 4.40. The van der Waals surface area contributed by atoms with Crippen LogP contribution in [-0.2, 0) is 4.79 Å². The number of aromatic hydroxyl groups is 1. The third-order valence-corrected chi connectivity index (χ3v) is 6.12. The van der Waals surface area contributed by atoms with E-state index in [0.717, 1.165) is 11.5 Å². The molecule has 6 N–H and O–H groups in total. The van der Waals surface area contributed by atoms with Gasteiger partial charge in [-0.05, 0) is 68.6 Å².